The summed E-state index contributed by atoms with van der Waals surface area (Å²) in [7, 11) is 0. The SMILES string of the molecule is CCCCc1cc(=O)oc2c(C)c(OC(=O)[C@@H](CCC)NC(=O)OCc3ccccc3)ccc12. The topological polar surface area (TPSA) is 94.8 Å². The Kier molecular flexibility index (Phi) is 8.85. The van der Waals surface area contributed by atoms with E-state index in [1.807, 2.05) is 37.3 Å². The van der Waals surface area contributed by atoms with Crippen LogP contribution in [0.3, 0.4) is 0 Å². The van der Waals surface area contributed by atoms with Gasteiger partial charge in [0.1, 0.15) is 24.0 Å². The third kappa shape index (κ3) is 6.47. The van der Waals surface area contributed by atoms with Crippen molar-refractivity contribution >= 4 is 23.0 Å². The molecule has 2 aromatic carbocycles. The van der Waals surface area contributed by atoms with Crippen molar-refractivity contribution in [3.63, 3.8) is 0 Å². The monoisotopic (exact) mass is 465 g/mol. The molecule has 0 saturated heterocycles. The minimum atomic E-state index is -0.869. The Labute approximate surface area is 199 Å². The number of amides is 1. The lowest BCUT2D eigenvalue weighted by molar-refractivity contribution is -0.136. The van der Waals surface area contributed by atoms with Crippen LogP contribution in [0.2, 0.25) is 0 Å². The molecule has 0 aliphatic rings. The van der Waals surface area contributed by atoms with Crippen LogP contribution in [0, 0.1) is 6.92 Å². The first-order valence-corrected chi connectivity index (χ1v) is 11.7. The van der Waals surface area contributed by atoms with Crippen LogP contribution >= 0.6 is 0 Å². The van der Waals surface area contributed by atoms with E-state index in [1.165, 1.54) is 6.07 Å². The summed E-state index contributed by atoms with van der Waals surface area (Å²) >= 11 is 0. The second-order valence-electron chi connectivity index (χ2n) is 8.23. The number of carbonyl (C=O) groups is 2. The molecular formula is C27H31NO6. The molecule has 1 amide bonds. The zero-order valence-electron chi connectivity index (χ0n) is 19.9. The second-order valence-corrected chi connectivity index (χ2v) is 8.23. The molecule has 0 unspecified atom stereocenters. The fraction of sp³-hybridized carbons (Fsp3) is 0.370. The van der Waals surface area contributed by atoms with Gasteiger partial charge in [0, 0.05) is 17.0 Å². The van der Waals surface area contributed by atoms with Crippen LogP contribution in [0.4, 0.5) is 4.79 Å². The number of aryl methyl sites for hydroxylation is 2. The van der Waals surface area contributed by atoms with E-state index in [0.717, 1.165) is 35.8 Å². The maximum absolute atomic E-state index is 12.9. The highest BCUT2D eigenvalue weighted by atomic mass is 16.6. The third-order valence-electron chi connectivity index (χ3n) is 5.57. The maximum Gasteiger partial charge on any atom is 0.408 e. The van der Waals surface area contributed by atoms with Gasteiger partial charge in [-0.05, 0) is 49.4 Å². The van der Waals surface area contributed by atoms with Crippen LogP contribution in [0.1, 0.15) is 56.2 Å². The Morgan fingerprint density at radius 3 is 2.53 bits per heavy atom. The zero-order chi connectivity index (χ0) is 24.5. The normalized spacial score (nSPS) is 11.7. The Bertz CT molecular complexity index is 1180. The van der Waals surface area contributed by atoms with Crippen molar-refractivity contribution in [1.29, 1.82) is 0 Å². The number of unbranched alkanes of at least 4 members (excludes halogenated alkanes) is 1. The lowest BCUT2D eigenvalue weighted by atomic mass is 10.0. The van der Waals surface area contributed by atoms with Gasteiger partial charge in [-0.1, -0.05) is 57.0 Å². The largest absolute Gasteiger partial charge is 0.445 e. The van der Waals surface area contributed by atoms with Crippen LogP contribution in [-0.4, -0.2) is 18.1 Å². The first-order chi connectivity index (χ1) is 16.4. The number of fused-ring (bicyclic) bond motifs is 1. The standard InChI is InChI=1S/C27H31NO6/c1-4-6-13-20-16-24(29)34-25-18(3)23(15-14-21(20)25)33-26(30)22(10-5-2)28-27(31)32-17-19-11-8-7-9-12-19/h7-9,11-12,14-16,22H,4-6,10,13,17H2,1-3H3,(H,28,31)/t22-/m1/s1. The maximum atomic E-state index is 12.9. The van der Waals surface area contributed by atoms with Crippen molar-refractivity contribution in [1.82, 2.24) is 5.32 Å². The minimum Gasteiger partial charge on any atom is -0.445 e. The molecule has 0 aliphatic carbocycles. The Morgan fingerprint density at radius 1 is 1.06 bits per heavy atom. The van der Waals surface area contributed by atoms with Crippen LogP contribution in [0.25, 0.3) is 11.0 Å². The lowest BCUT2D eigenvalue weighted by Crippen LogP contribution is -2.43. The molecule has 7 nitrogen and oxygen atoms in total. The summed E-state index contributed by atoms with van der Waals surface area (Å²) in [6.45, 7) is 5.84. The number of benzene rings is 2. The summed E-state index contributed by atoms with van der Waals surface area (Å²) in [6.07, 6.45) is 3.09. The predicted molar refractivity (Wildman–Crippen MR) is 130 cm³/mol. The Balaban J connectivity index is 1.73. The predicted octanol–water partition coefficient (Wildman–Crippen LogP) is 5.44. The van der Waals surface area contributed by atoms with E-state index in [0.29, 0.717) is 24.0 Å². The molecule has 1 N–H and O–H groups in total. The molecule has 1 aromatic heterocycles. The van der Waals surface area contributed by atoms with Gasteiger partial charge in [0.2, 0.25) is 0 Å². The number of carbonyl (C=O) groups excluding carboxylic acids is 2. The molecule has 7 heteroatoms. The number of esters is 1. The fourth-order valence-electron chi connectivity index (χ4n) is 3.72. The Hall–Kier alpha value is -3.61. The molecule has 180 valence electrons. The average molecular weight is 466 g/mol. The second kappa shape index (κ2) is 12.0. The third-order valence-corrected chi connectivity index (χ3v) is 5.57. The van der Waals surface area contributed by atoms with Gasteiger partial charge < -0.3 is 19.2 Å². The molecule has 0 aliphatic heterocycles. The molecule has 0 saturated carbocycles. The zero-order valence-corrected chi connectivity index (χ0v) is 19.9. The summed E-state index contributed by atoms with van der Waals surface area (Å²) in [5, 5.41) is 3.43. The molecule has 1 atom stereocenters. The van der Waals surface area contributed by atoms with E-state index in [9.17, 15) is 14.4 Å². The van der Waals surface area contributed by atoms with Gasteiger partial charge in [-0.25, -0.2) is 14.4 Å². The highest BCUT2D eigenvalue weighted by molar-refractivity contribution is 5.87. The van der Waals surface area contributed by atoms with Gasteiger partial charge in [-0.15, -0.1) is 0 Å². The Morgan fingerprint density at radius 2 is 1.82 bits per heavy atom. The highest BCUT2D eigenvalue weighted by Crippen LogP contribution is 2.29. The first kappa shape index (κ1) is 25.0. The van der Waals surface area contributed by atoms with Crippen LogP contribution < -0.4 is 15.7 Å². The van der Waals surface area contributed by atoms with Gasteiger partial charge in [0.05, 0.1) is 0 Å². The van der Waals surface area contributed by atoms with Crippen molar-refractivity contribution < 1.29 is 23.5 Å². The molecule has 34 heavy (non-hydrogen) atoms. The molecule has 0 bridgehead atoms. The molecular weight excluding hydrogens is 434 g/mol. The van der Waals surface area contributed by atoms with Gasteiger partial charge in [0.15, 0.2) is 0 Å². The highest BCUT2D eigenvalue weighted by Gasteiger charge is 2.24. The molecule has 0 radical (unpaired) electrons. The van der Waals surface area contributed by atoms with Crippen molar-refractivity contribution in [3.05, 3.63) is 75.6 Å². The minimum absolute atomic E-state index is 0.101. The number of ether oxygens (including phenoxy) is 2. The van der Waals surface area contributed by atoms with Crippen molar-refractivity contribution in [2.75, 3.05) is 0 Å². The first-order valence-electron chi connectivity index (χ1n) is 11.7. The summed E-state index contributed by atoms with van der Waals surface area (Å²) in [5.74, 6) is -0.320. The van der Waals surface area contributed by atoms with E-state index in [-0.39, 0.29) is 12.4 Å². The van der Waals surface area contributed by atoms with Crippen LogP contribution in [0.15, 0.2) is 57.7 Å². The molecule has 3 aromatic rings. The average Bonchev–Trinajstić information content (AvgIpc) is 2.83. The van der Waals surface area contributed by atoms with Crippen LogP contribution in [-0.2, 0) is 22.6 Å². The summed E-state index contributed by atoms with van der Waals surface area (Å²) < 4.78 is 16.3. The van der Waals surface area contributed by atoms with Crippen LogP contribution in [0.5, 0.6) is 5.75 Å². The van der Waals surface area contributed by atoms with Gasteiger partial charge in [-0.2, -0.15) is 0 Å². The van der Waals surface area contributed by atoms with Crippen molar-refractivity contribution in [3.8, 4) is 5.75 Å². The van der Waals surface area contributed by atoms with E-state index in [2.05, 4.69) is 12.2 Å². The quantitative estimate of drug-likeness (QED) is 0.243. The van der Waals surface area contributed by atoms with Crippen molar-refractivity contribution in [2.45, 2.75) is 65.5 Å². The van der Waals surface area contributed by atoms with E-state index < -0.39 is 23.7 Å². The number of nitrogens with one attached hydrogen (secondary N) is 1. The molecule has 0 fully saturated rings. The van der Waals surface area contributed by atoms with E-state index in [1.54, 1.807) is 19.1 Å². The van der Waals surface area contributed by atoms with Gasteiger partial charge in [0.25, 0.3) is 0 Å². The summed E-state index contributed by atoms with van der Waals surface area (Å²) in [6, 6.07) is 13.4. The molecule has 3 rings (SSSR count). The van der Waals surface area contributed by atoms with E-state index in [4.69, 9.17) is 13.9 Å². The van der Waals surface area contributed by atoms with Gasteiger partial charge >= 0.3 is 17.7 Å². The smallest absolute Gasteiger partial charge is 0.408 e. The molecule has 1 heterocycles. The number of hydrogen-bond donors (Lipinski definition) is 1. The van der Waals surface area contributed by atoms with E-state index >= 15 is 0 Å². The number of rotatable bonds is 10. The fourth-order valence-corrected chi connectivity index (χ4v) is 3.72. The summed E-state index contributed by atoms with van der Waals surface area (Å²) in [4.78, 5) is 37.3. The number of hydrogen-bond acceptors (Lipinski definition) is 6. The van der Waals surface area contributed by atoms with Crippen molar-refractivity contribution in [2.24, 2.45) is 0 Å². The summed E-state index contributed by atoms with van der Waals surface area (Å²) in [5.41, 5.74) is 2.30. The number of alkyl carbamates (subject to hydrolysis) is 1. The van der Waals surface area contributed by atoms with Gasteiger partial charge in [-0.3, -0.25) is 0 Å². The lowest BCUT2D eigenvalue weighted by Gasteiger charge is -2.18. The molecule has 0 spiro atoms.